The van der Waals surface area contributed by atoms with E-state index in [4.69, 9.17) is 0 Å². The highest BCUT2D eigenvalue weighted by molar-refractivity contribution is 6.06. The van der Waals surface area contributed by atoms with Gasteiger partial charge >= 0.3 is 0 Å². The second-order valence-electron chi connectivity index (χ2n) is 6.37. The van der Waals surface area contributed by atoms with Gasteiger partial charge in [0, 0.05) is 11.1 Å². The lowest BCUT2D eigenvalue weighted by Gasteiger charge is -2.16. The molecule has 0 aliphatic heterocycles. The maximum atomic E-state index is 12.9. The Kier molecular flexibility index (Phi) is 4.61. The summed E-state index contributed by atoms with van der Waals surface area (Å²) < 4.78 is 0. The number of amides is 1. The fourth-order valence-electron chi connectivity index (χ4n) is 2.78. The second kappa shape index (κ2) is 6.83. The van der Waals surface area contributed by atoms with Crippen LogP contribution in [0.15, 0.2) is 60.7 Å². The fourth-order valence-corrected chi connectivity index (χ4v) is 2.78. The number of nitrogens with zero attached hydrogens (tertiary/aromatic N) is 1. The highest BCUT2D eigenvalue weighted by Crippen LogP contribution is 2.23. The third-order valence-electron chi connectivity index (χ3n) is 4.22. The molecule has 1 atom stereocenters. The van der Waals surface area contributed by atoms with Crippen molar-refractivity contribution in [3.05, 3.63) is 77.5 Å². The minimum atomic E-state index is -0.0631. The summed E-state index contributed by atoms with van der Waals surface area (Å²) in [5, 5.41) is 3.99. The van der Waals surface area contributed by atoms with E-state index in [1.807, 2.05) is 67.6 Å². The van der Waals surface area contributed by atoms with Crippen molar-refractivity contribution < 1.29 is 4.79 Å². The van der Waals surface area contributed by atoms with Gasteiger partial charge in [0.15, 0.2) is 0 Å². The van der Waals surface area contributed by atoms with Gasteiger partial charge in [0.25, 0.3) is 5.91 Å². The SMILES string of the molecule is CC(C)c1cc(C(=O)N[C@H](C)c2ccccc2)c2ccccc2n1. The molecule has 122 valence electrons. The zero-order valence-electron chi connectivity index (χ0n) is 14.3. The number of carbonyl (C=O) groups is 1. The van der Waals surface area contributed by atoms with Crippen LogP contribution in [0.25, 0.3) is 10.9 Å². The lowest BCUT2D eigenvalue weighted by atomic mass is 10.0. The molecule has 3 heteroatoms. The molecule has 0 spiro atoms. The first-order chi connectivity index (χ1) is 11.6. The topological polar surface area (TPSA) is 42.0 Å². The normalized spacial score (nSPS) is 12.3. The van der Waals surface area contributed by atoms with E-state index in [0.29, 0.717) is 5.56 Å². The standard InChI is InChI=1S/C21H22N2O/c1-14(2)20-13-18(17-11-7-8-12-19(17)23-20)21(24)22-15(3)16-9-5-4-6-10-16/h4-15H,1-3H3,(H,22,24)/t15-/m1/s1. The van der Waals surface area contributed by atoms with Gasteiger partial charge in [-0.3, -0.25) is 9.78 Å². The Morgan fingerprint density at radius 2 is 1.62 bits per heavy atom. The Balaban J connectivity index is 1.97. The van der Waals surface area contributed by atoms with Crippen LogP contribution in [0.5, 0.6) is 0 Å². The van der Waals surface area contributed by atoms with Gasteiger partial charge in [0.2, 0.25) is 0 Å². The molecular formula is C21H22N2O. The molecular weight excluding hydrogens is 296 g/mol. The summed E-state index contributed by atoms with van der Waals surface area (Å²) >= 11 is 0. The molecule has 0 unspecified atom stereocenters. The molecule has 1 N–H and O–H groups in total. The van der Waals surface area contributed by atoms with Gasteiger partial charge in [-0.15, -0.1) is 0 Å². The molecule has 1 amide bonds. The third-order valence-corrected chi connectivity index (χ3v) is 4.22. The van der Waals surface area contributed by atoms with Crippen LogP contribution in [-0.4, -0.2) is 10.9 Å². The molecule has 24 heavy (non-hydrogen) atoms. The van der Waals surface area contributed by atoms with Crippen molar-refractivity contribution in [3.63, 3.8) is 0 Å². The van der Waals surface area contributed by atoms with E-state index in [9.17, 15) is 4.79 Å². The van der Waals surface area contributed by atoms with E-state index >= 15 is 0 Å². The van der Waals surface area contributed by atoms with Crippen molar-refractivity contribution >= 4 is 16.8 Å². The molecule has 2 aromatic carbocycles. The molecule has 0 saturated carbocycles. The van der Waals surface area contributed by atoms with Gasteiger partial charge in [0.1, 0.15) is 0 Å². The number of carbonyl (C=O) groups excluding carboxylic acids is 1. The number of para-hydroxylation sites is 1. The van der Waals surface area contributed by atoms with Crippen LogP contribution in [0.1, 0.15) is 54.3 Å². The predicted octanol–water partition coefficient (Wildman–Crippen LogP) is 4.85. The van der Waals surface area contributed by atoms with E-state index < -0.39 is 0 Å². The molecule has 0 bridgehead atoms. The van der Waals surface area contributed by atoms with E-state index in [1.165, 1.54) is 0 Å². The van der Waals surface area contributed by atoms with Crippen molar-refractivity contribution in [2.24, 2.45) is 0 Å². The van der Waals surface area contributed by atoms with Crippen LogP contribution in [0, 0.1) is 0 Å². The summed E-state index contributed by atoms with van der Waals surface area (Å²) in [6.45, 7) is 6.18. The molecule has 0 fully saturated rings. The van der Waals surface area contributed by atoms with E-state index in [1.54, 1.807) is 0 Å². The molecule has 3 aromatic rings. The van der Waals surface area contributed by atoms with Crippen LogP contribution in [0.3, 0.4) is 0 Å². The Bertz CT molecular complexity index is 856. The van der Waals surface area contributed by atoms with E-state index in [-0.39, 0.29) is 17.9 Å². The van der Waals surface area contributed by atoms with Crippen molar-refractivity contribution in [1.29, 1.82) is 0 Å². The molecule has 0 radical (unpaired) electrons. The Morgan fingerprint density at radius 3 is 2.33 bits per heavy atom. The van der Waals surface area contributed by atoms with Gasteiger partial charge in [-0.1, -0.05) is 62.4 Å². The largest absolute Gasteiger partial charge is 0.345 e. The average Bonchev–Trinajstić information content (AvgIpc) is 2.61. The first kappa shape index (κ1) is 16.2. The second-order valence-corrected chi connectivity index (χ2v) is 6.37. The molecule has 3 rings (SSSR count). The maximum absolute atomic E-state index is 12.9. The number of hydrogen-bond donors (Lipinski definition) is 1. The van der Waals surface area contributed by atoms with Gasteiger partial charge in [-0.2, -0.15) is 0 Å². The monoisotopic (exact) mass is 318 g/mol. The molecule has 0 aliphatic rings. The fraction of sp³-hybridized carbons (Fsp3) is 0.238. The smallest absolute Gasteiger partial charge is 0.252 e. The van der Waals surface area contributed by atoms with Crippen molar-refractivity contribution in [2.45, 2.75) is 32.7 Å². The highest BCUT2D eigenvalue weighted by Gasteiger charge is 2.16. The quantitative estimate of drug-likeness (QED) is 0.747. The third kappa shape index (κ3) is 3.30. The van der Waals surface area contributed by atoms with Gasteiger partial charge < -0.3 is 5.32 Å². The van der Waals surface area contributed by atoms with Crippen molar-refractivity contribution in [3.8, 4) is 0 Å². The zero-order valence-corrected chi connectivity index (χ0v) is 14.3. The average molecular weight is 318 g/mol. The predicted molar refractivity (Wildman–Crippen MR) is 98.2 cm³/mol. The summed E-state index contributed by atoms with van der Waals surface area (Å²) in [6.07, 6.45) is 0. The maximum Gasteiger partial charge on any atom is 0.252 e. The zero-order chi connectivity index (χ0) is 17.1. The van der Waals surface area contributed by atoms with E-state index in [2.05, 4.69) is 24.1 Å². The van der Waals surface area contributed by atoms with Gasteiger partial charge in [0.05, 0.1) is 17.1 Å². The molecule has 0 saturated heterocycles. The van der Waals surface area contributed by atoms with Crippen LogP contribution < -0.4 is 5.32 Å². The number of nitrogens with one attached hydrogen (secondary N) is 1. The Hall–Kier alpha value is -2.68. The Morgan fingerprint density at radius 1 is 0.958 bits per heavy atom. The summed E-state index contributed by atoms with van der Waals surface area (Å²) in [6, 6.07) is 19.7. The molecule has 1 heterocycles. The number of rotatable bonds is 4. The molecule has 3 nitrogen and oxygen atoms in total. The lowest BCUT2D eigenvalue weighted by Crippen LogP contribution is -2.27. The number of pyridine rings is 1. The lowest BCUT2D eigenvalue weighted by molar-refractivity contribution is 0.0941. The number of benzene rings is 2. The number of hydrogen-bond acceptors (Lipinski definition) is 2. The minimum Gasteiger partial charge on any atom is -0.345 e. The Labute approximate surface area is 142 Å². The summed E-state index contributed by atoms with van der Waals surface area (Å²) in [7, 11) is 0. The summed E-state index contributed by atoms with van der Waals surface area (Å²) in [5.41, 5.74) is 3.58. The van der Waals surface area contributed by atoms with Crippen LogP contribution >= 0.6 is 0 Å². The van der Waals surface area contributed by atoms with E-state index in [0.717, 1.165) is 22.2 Å². The summed E-state index contributed by atoms with van der Waals surface area (Å²) in [4.78, 5) is 17.6. The van der Waals surface area contributed by atoms with Crippen LogP contribution in [-0.2, 0) is 0 Å². The molecule has 1 aromatic heterocycles. The molecule has 0 aliphatic carbocycles. The minimum absolute atomic E-state index is 0.0480. The van der Waals surface area contributed by atoms with Crippen molar-refractivity contribution in [1.82, 2.24) is 10.3 Å². The summed E-state index contributed by atoms with van der Waals surface area (Å²) in [5.74, 6) is 0.208. The highest BCUT2D eigenvalue weighted by atomic mass is 16.1. The van der Waals surface area contributed by atoms with Crippen molar-refractivity contribution in [2.75, 3.05) is 0 Å². The number of aromatic nitrogens is 1. The van der Waals surface area contributed by atoms with Crippen LogP contribution in [0.4, 0.5) is 0 Å². The first-order valence-electron chi connectivity index (χ1n) is 8.31. The first-order valence-corrected chi connectivity index (χ1v) is 8.31. The van der Waals surface area contributed by atoms with Gasteiger partial charge in [-0.05, 0) is 30.5 Å². The van der Waals surface area contributed by atoms with Gasteiger partial charge in [-0.25, -0.2) is 0 Å². The number of fused-ring (bicyclic) bond motifs is 1. The van der Waals surface area contributed by atoms with Crippen LogP contribution in [0.2, 0.25) is 0 Å².